The van der Waals surface area contributed by atoms with Crippen LogP contribution in [0.4, 0.5) is 16.2 Å². The van der Waals surface area contributed by atoms with Crippen LogP contribution in [0.2, 0.25) is 5.02 Å². The van der Waals surface area contributed by atoms with Gasteiger partial charge in [-0.15, -0.1) is 0 Å². The highest BCUT2D eigenvalue weighted by Crippen LogP contribution is 2.19. The molecule has 136 valence electrons. The smallest absolute Gasteiger partial charge is 0.317 e. The molecule has 1 fully saturated rings. The second kappa shape index (κ2) is 8.53. The summed E-state index contributed by atoms with van der Waals surface area (Å²) in [6, 6.07) is 10.9. The standard InChI is InChI=1S/C18H20ClN5O2/c19-14-3-5-16(6-4-14)23-8-10-24(11-9-23)18(26)21-13-17(25)22-15-2-1-7-20-12-15/h1-7,12H,8-11,13H2,(H,21,26)(H,22,25). The van der Waals surface area contributed by atoms with E-state index in [1.807, 2.05) is 24.3 Å². The van der Waals surface area contributed by atoms with E-state index in [1.54, 1.807) is 29.4 Å². The Hall–Kier alpha value is -2.80. The van der Waals surface area contributed by atoms with Gasteiger partial charge in [0, 0.05) is 43.1 Å². The maximum atomic E-state index is 12.2. The number of piperazine rings is 1. The Morgan fingerprint density at radius 2 is 1.81 bits per heavy atom. The van der Waals surface area contributed by atoms with Gasteiger partial charge in [-0.05, 0) is 36.4 Å². The van der Waals surface area contributed by atoms with Gasteiger partial charge < -0.3 is 20.4 Å². The molecule has 0 atom stereocenters. The summed E-state index contributed by atoms with van der Waals surface area (Å²) in [5, 5.41) is 6.04. The van der Waals surface area contributed by atoms with Crippen LogP contribution in [0.25, 0.3) is 0 Å². The molecule has 8 heteroatoms. The van der Waals surface area contributed by atoms with Gasteiger partial charge in [0.15, 0.2) is 0 Å². The Morgan fingerprint density at radius 1 is 1.08 bits per heavy atom. The highest BCUT2D eigenvalue weighted by Gasteiger charge is 2.21. The van der Waals surface area contributed by atoms with Crippen molar-refractivity contribution in [3.63, 3.8) is 0 Å². The molecule has 0 saturated carbocycles. The van der Waals surface area contributed by atoms with Crippen LogP contribution in [0.5, 0.6) is 0 Å². The number of anilines is 2. The van der Waals surface area contributed by atoms with E-state index in [1.165, 1.54) is 0 Å². The summed E-state index contributed by atoms with van der Waals surface area (Å²) in [7, 11) is 0. The number of rotatable bonds is 4. The number of amides is 3. The van der Waals surface area contributed by atoms with Gasteiger partial charge in [0.25, 0.3) is 0 Å². The minimum Gasteiger partial charge on any atom is -0.368 e. The number of carbonyl (C=O) groups is 2. The molecule has 1 aromatic heterocycles. The van der Waals surface area contributed by atoms with Gasteiger partial charge in [0.2, 0.25) is 5.91 Å². The van der Waals surface area contributed by atoms with Gasteiger partial charge >= 0.3 is 6.03 Å². The zero-order chi connectivity index (χ0) is 18.4. The first kappa shape index (κ1) is 18.0. The SMILES string of the molecule is O=C(CNC(=O)N1CCN(c2ccc(Cl)cc2)CC1)Nc1cccnc1. The summed E-state index contributed by atoms with van der Waals surface area (Å²) >= 11 is 5.91. The molecule has 1 aliphatic heterocycles. The molecule has 0 aliphatic carbocycles. The van der Waals surface area contributed by atoms with Crippen molar-refractivity contribution in [2.75, 3.05) is 42.9 Å². The quantitative estimate of drug-likeness (QED) is 0.861. The predicted octanol–water partition coefficient (Wildman–Crippen LogP) is 2.21. The fourth-order valence-electron chi connectivity index (χ4n) is 2.73. The Labute approximate surface area is 157 Å². The van der Waals surface area contributed by atoms with E-state index in [0.29, 0.717) is 23.8 Å². The molecule has 3 amide bonds. The Morgan fingerprint density at radius 3 is 2.46 bits per heavy atom. The molecule has 0 unspecified atom stereocenters. The minimum atomic E-state index is -0.286. The van der Waals surface area contributed by atoms with Crippen molar-refractivity contribution in [3.05, 3.63) is 53.8 Å². The number of aromatic nitrogens is 1. The zero-order valence-corrected chi connectivity index (χ0v) is 14.9. The molecule has 0 radical (unpaired) electrons. The highest BCUT2D eigenvalue weighted by atomic mass is 35.5. The molecule has 1 aromatic carbocycles. The summed E-state index contributed by atoms with van der Waals surface area (Å²) < 4.78 is 0. The summed E-state index contributed by atoms with van der Waals surface area (Å²) in [5.41, 5.74) is 1.69. The molecule has 2 heterocycles. The molecule has 2 N–H and O–H groups in total. The third kappa shape index (κ3) is 4.86. The molecule has 0 spiro atoms. The van der Waals surface area contributed by atoms with Crippen molar-refractivity contribution >= 4 is 34.9 Å². The Balaban J connectivity index is 1.42. The third-order valence-electron chi connectivity index (χ3n) is 4.10. The number of hydrogen-bond acceptors (Lipinski definition) is 4. The zero-order valence-electron chi connectivity index (χ0n) is 14.2. The summed E-state index contributed by atoms with van der Waals surface area (Å²) in [5.74, 6) is -0.286. The first-order chi connectivity index (χ1) is 12.6. The van der Waals surface area contributed by atoms with Crippen molar-refractivity contribution in [3.8, 4) is 0 Å². The monoisotopic (exact) mass is 373 g/mol. The van der Waals surface area contributed by atoms with E-state index < -0.39 is 0 Å². The first-order valence-electron chi connectivity index (χ1n) is 8.35. The number of carbonyl (C=O) groups excluding carboxylic acids is 2. The molecular weight excluding hydrogens is 354 g/mol. The van der Waals surface area contributed by atoms with E-state index in [-0.39, 0.29) is 18.5 Å². The first-order valence-corrected chi connectivity index (χ1v) is 8.73. The Bertz CT molecular complexity index is 746. The van der Waals surface area contributed by atoms with E-state index in [9.17, 15) is 9.59 Å². The molecule has 7 nitrogen and oxygen atoms in total. The molecule has 26 heavy (non-hydrogen) atoms. The molecule has 1 saturated heterocycles. The van der Waals surface area contributed by atoms with Crippen LogP contribution in [0.1, 0.15) is 0 Å². The van der Waals surface area contributed by atoms with Crippen LogP contribution in [0.15, 0.2) is 48.8 Å². The summed E-state index contributed by atoms with van der Waals surface area (Å²) in [6.45, 7) is 2.58. The maximum Gasteiger partial charge on any atom is 0.317 e. The lowest BCUT2D eigenvalue weighted by molar-refractivity contribution is -0.115. The fraction of sp³-hybridized carbons (Fsp3) is 0.278. The molecule has 3 rings (SSSR count). The number of hydrogen-bond donors (Lipinski definition) is 2. The number of halogens is 1. The van der Waals surface area contributed by atoms with Crippen LogP contribution in [0, 0.1) is 0 Å². The largest absolute Gasteiger partial charge is 0.368 e. The van der Waals surface area contributed by atoms with E-state index >= 15 is 0 Å². The van der Waals surface area contributed by atoms with E-state index in [0.717, 1.165) is 18.8 Å². The van der Waals surface area contributed by atoms with Gasteiger partial charge in [-0.3, -0.25) is 9.78 Å². The molecule has 0 bridgehead atoms. The molecule has 2 aromatic rings. The second-order valence-electron chi connectivity index (χ2n) is 5.90. The van der Waals surface area contributed by atoms with Crippen molar-refractivity contribution in [2.24, 2.45) is 0 Å². The van der Waals surface area contributed by atoms with Crippen LogP contribution in [-0.2, 0) is 4.79 Å². The average molecular weight is 374 g/mol. The van der Waals surface area contributed by atoms with Crippen molar-refractivity contribution in [1.29, 1.82) is 0 Å². The average Bonchev–Trinajstić information content (AvgIpc) is 2.68. The minimum absolute atomic E-state index is 0.0782. The summed E-state index contributed by atoms with van der Waals surface area (Å²) in [6.07, 6.45) is 3.18. The van der Waals surface area contributed by atoms with Crippen LogP contribution < -0.4 is 15.5 Å². The van der Waals surface area contributed by atoms with Gasteiger partial charge in [0.05, 0.1) is 18.4 Å². The number of urea groups is 1. The topological polar surface area (TPSA) is 77.6 Å². The Kier molecular flexibility index (Phi) is 5.91. The highest BCUT2D eigenvalue weighted by molar-refractivity contribution is 6.30. The number of nitrogens with one attached hydrogen (secondary N) is 2. The van der Waals surface area contributed by atoms with Gasteiger partial charge in [-0.2, -0.15) is 0 Å². The molecule has 1 aliphatic rings. The summed E-state index contributed by atoms with van der Waals surface area (Å²) in [4.78, 5) is 31.9. The van der Waals surface area contributed by atoms with Crippen molar-refractivity contribution in [1.82, 2.24) is 15.2 Å². The van der Waals surface area contributed by atoms with E-state index in [4.69, 9.17) is 11.6 Å². The lowest BCUT2D eigenvalue weighted by atomic mass is 10.2. The maximum absolute atomic E-state index is 12.2. The lowest BCUT2D eigenvalue weighted by Crippen LogP contribution is -2.52. The van der Waals surface area contributed by atoms with Crippen molar-refractivity contribution < 1.29 is 9.59 Å². The number of nitrogens with zero attached hydrogens (tertiary/aromatic N) is 3. The fourth-order valence-corrected chi connectivity index (χ4v) is 2.86. The lowest BCUT2D eigenvalue weighted by Gasteiger charge is -2.36. The van der Waals surface area contributed by atoms with Crippen LogP contribution in [-0.4, -0.2) is 54.5 Å². The third-order valence-corrected chi connectivity index (χ3v) is 4.36. The van der Waals surface area contributed by atoms with Crippen molar-refractivity contribution in [2.45, 2.75) is 0 Å². The molecular formula is C18H20ClN5O2. The number of benzene rings is 1. The van der Waals surface area contributed by atoms with Crippen LogP contribution >= 0.6 is 11.6 Å². The van der Waals surface area contributed by atoms with Gasteiger partial charge in [-0.1, -0.05) is 11.6 Å². The predicted molar refractivity (Wildman–Crippen MR) is 102 cm³/mol. The second-order valence-corrected chi connectivity index (χ2v) is 6.34. The van der Waals surface area contributed by atoms with Gasteiger partial charge in [-0.25, -0.2) is 4.79 Å². The van der Waals surface area contributed by atoms with E-state index in [2.05, 4.69) is 20.5 Å². The number of pyridine rings is 1. The van der Waals surface area contributed by atoms with Gasteiger partial charge in [0.1, 0.15) is 0 Å². The normalized spacial score (nSPS) is 14.0. The van der Waals surface area contributed by atoms with Crippen LogP contribution in [0.3, 0.4) is 0 Å².